The number of fused-ring (bicyclic) bond motifs is 2. The minimum absolute atomic E-state index is 0.0831. The molecule has 5 rings (SSSR count). The van der Waals surface area contributed by atoms with E-state index in [0.717, 1.165) is 28.1 Å². The quantitative estimate of drug-likeness (QED) is 0.541. The van der Waals surface area contributed by atoms with E-state index in [4.69, 9.17) is 9.47 Å². The maximum atomic E-state index is 14.2. The largest absolute Gasteiger partial charge is 0.497 e. The predicted octanol–water partition coefficient (Wildman–Crippen LogP) is 4.60. The summed E-state index contributed by atoms with van der Waals surface area (Å²) in [6.07, 6.45) is 0. The lowest BCUT2D eigenvalue weighted by Gasteiger charge is -2.33. The summed E-state index contributed by atoms with van der Waals surface area (Å²) in [7, 11) is 3.22. The summed E-state index contributed by atoms with van der Waals surface area (Å²) in [6.45, 7) is 2.92. The van der Waals surface area contributed by atoms with Gasteiger partial charge in [-0.25, -0.2) is 0 Å². The number of carbonyl (C=O) groups is 2. The van der Waals surface area contributed by atoms with E-state index >= 15 is 0 Å². The van der Waals surface area contributed by atoms with Gasteiger partial charge >= 0.3 is 0 Å². The number of anilines is 1. The number of hydrogen-bond donors (Lipinski definition) is 0. The van der Waals surface area contributed by atoms with E-state index in [0.29, 0.717) is 30.2 Å². The smallest absolute Gasteiger partial charge is 0.268 e. The third-order valence-electron chi connectivity index (χ3n) is 6.41. The normalized spacial score (nSPS) is 19.0. The van der Waals surface area contributed by atoms with Crippen LogP contribution in [0.3, 0.4) is 0 Å². The summed E-state index contributed by atoms with van der Waals surface area (Å²) in [5.74, 6) is 1.88. The molecule has 34 heavy (non-hydrogen) atoms. The number of nitrogens with zero attached hydrogens (tertiary/aromatic N) is 2. The minimum atomic E-state index is -1.07. The van der Waals surface area contributed by atoms with Crippen LogP contribution in [0.4, 0.5) is 5.69 Å². The first-order chi connectivity index (χ1) is 16.5. The Morgan fingerprint density at radius 1 is 1.00 bits per heavy atom. The van der Waals surface area contributed by atoms with Crippen molar-refractivity contribution in [2.75, 3.05) is 31.4 Å². The molecule has 6 nitrogen and oxygen atoms in total. The van der Waals surface area contributed by atoms with Gasteiger partial charge in [-0.1, -0.05) is 29.8 Å². The molecule has 0 aliphatic carbocycles. The van der Waals surface area contributed by atoms with E-state index in [2.05, 4.69) is 0 Å². The third-order valence-corrected chi connectivity index (χ3v) is 7.83. The molecule has 7 heteroatoms. The zero-order valence-corrected chi connectivity index (χ0v) is 20.2. The molecule has 1 fully saturated rings. The molecule has 0 N–H and O–H groups in total. The molecule has 1 spiro atoms. The van der Waals surface area contributed by atoms with Crippen molar-refractivity contribution in [2.45, 2.75) is 18.3 Å². The number of rotatable bonds is 5. The summed E-state index contributed by atoms with van der Waals surface area (Å²) in [5, 5.41) is 0. The van der Waals surface area contributed by atoms with Gasteiger partial charge in [-0.3, -0.25) is 9.59 Å². The van der Waals surface area contributed by atoms with Gasteiger partial charge in [-0.2, -0.15) is 0 Å². The lowest BCUT2D eigenvalue weighted by atomic mass is 10.0. The highest BCUT2D eigenvalue weighted by atomic mass is 32.2. The molecule has 2 amide bonds. The lowest BCUT2D eigenvalue weighted by Crippen LogP contribution is -2.50. The summed E-state index contributed by atoms with van der Waals surface area (Å²) >= 11 is 1.54. The number of carbonyl (C=O) groups excluding carboxylic acids is 2. The van der Waals surface area contributed by atoms with E-state index in [1.54, 1.807) is 48.3 Å². The molecule has 0 bridgehead atoms. The van der Waals surface area contributed by atoms with Crippen LogP contribution in [-0.2, 0) is 16.2 Å². The van der Waals surface area contributed by atoms with Crippen molar-refractivity contribution in [3.05, 3.63) is 89.0 Å². The van der Waals surface area contributed by atoms with Gasteiger partial charge in [0.2, 0.25) is 0 Å². The van der Waals surface area contributed by atoms with Crippen molar-refractivity contribution < 1.29 is 19.1 Å². The van der Waals surface area contributed by atoms with Crippen molar-refractivity contribution in [3.8, 4) is 11.5 Å². The molecule has 0 aromatic heterocycles. The van der Waals surface area contributed by atoms with Gasteiger partial charge in [0.25, 0.3) is 11.8 Å². The molecule has 2 aliphatic heterocycles. The molecular formula is C27H26N2O4S. The summed E-state index contributed by atoms with van der Waals surface area (Å²) in [5.41, 5.74) is 4.28. The Hall–Kier alpha value is -3.45. The first kappa shape index (κ1) is 22.3. The van der Waals surface area contributed by atoms with Crippen LogP contribution in [0.25, 0.3) is 0 Å². The van der Waals surface area contributed by atoms with Crippen LogP contribution in [-0.4, -0.2) is 43.2 Å². The second-order valence-corrected chi connectivity index (χ2v) is 9.73. The topological polar surface area (TPSA) is 59.1 Å². The van der Waals surface area contributed by atoms with Gasteiger partial charge in [0, 0.05) is 23.4 Å². The maximum Gasteiger partial charge on any atom is 0.268 e. The molecule has 2 aliphatic rings. The Morgan fingerprint density at radius 2 is 1.76 bits per heavy atom. The summed E-state index contributed by atoms with van der Waals surface area (Å²) in [6, 6.07) is 20.8. The van der Waals surface area contributed by atoms with Gasteiger partial charge in [0.1, 0.15) is 11.5 Å². The van der Waals surface area contributed by atoms with E-state index in [1.165, 1.54) is 11.8 Å². The van der Waals surface area contributed by atoms with Gasteiger partial charge in [-0.05, 0) is 55.0 Å². The number of aryl methyl sites for hydroxylation is 1. The van der Waals surface area contributed by atoms with E-state index in [9.17, 15) is 9.59 Å². The van der Waals surface area contributed by atoms with Crippen LogP contribution in [0, 0.1) is 6.92 Å². The van der Waals surface area contributed by atoms with Crippen LogP contribution < -0.4 is 14.4 Å². The van der Waals surface area contributed by atoms with E-state index in [1.807, 2.05) is 49.4 Å². The molecule has 0 saturated carbocycles. The molecule has 1 saturated heterocycles. The van der Waals surface area contributed by atoms with Gasteiger partial charge in [0.05, 0.1) is 26.5 Å². The number of ether oxygens (including phenoxy) is 2. The van der Waals surface area contributed by atoms with Crippen molar-refractivity contribution in [1.29, 1.82) is 0 Å². The molecule has 0 radical (unpaired) electrons. The highest BCUT2D eigenvalue weighted by molar-refractivity contribution is 8.01. The number of amides is 2. The summed E-state index contributed by atoms with van der Waals surface area (Å²) in [4.78, 5) is 30.3. The monoisotopic (exact) mass is 474 g/mol. The van der Waals surface area contributed by atoms with E-state index in [-0.39, 0.29) is 11.8 Å². The molecule has 0 unspecified atom stereocenters. The number of benzene rings is 3. The third kappa shape index (κ3) is 3.51. The zero-order chi connectivity index (χ0) is 23.9. The summed E-state index contributed by atoms with van der Waals surface area (Å²) < 4.78 is 10.6. The average molecular weight is 475 g/mol. The fraction of sp³-hybridized carbons (Fsp3) is 0.259. The van der Waals surface area contributed by atoms with Crippen LogP contribution in [0.15, 0.2) is 66.7 Å². The average Bonchev–Trinajstić information content (AvgIpc) is 3.41. The molecular weight excluding hydrogens is 448 g/mol. The Bertz CT molecular complexity index is 1260. The lowest BCUT2D eigenvalue weighted by molar-refractivity contribution is -0.123. The van der Waals surface area contributed by atoms with Crippen LogP contribution >= 0.6 is 11.8 Å². The highest BCUT2D eigenvalue weighted by Crippen LogP contribution is 2.55. The first-order valence-electron chi connectivity index (χ1n) is 11.1. The van der Waals surface area contributed by atoms with Crippen LogP contribution in [0.1, 0.15) is 27.0 Å². The van der Waals surface area contributed by atoms with Crippen molar-refractivity contribution >= 4 is 29.3 Å². The second kappa shape index (κ2) is 8.72. The molecule has 3 aromatic rings. The number of methoxy groups -OCH3 is 2. The van der Waals surface area contributed by atoms with Crippen molar-refractivity contribution in [2.24, 2.45) is 0 Å². The molecule has 174 valence electrons. The van der Waals surface area contributed by atoms with E-state index < -0.39 is 4.87 Å². The molecule has 3 aromatic carbocycles. The standard InChI is InChI=1S/C27H26N2O4S/c1-18-7-12-24-23(15-18)27(26(31)28(24)17-19-5-4-6-22(16-19)33-3)29(13-14-34-27)25(30)20-8-10-21(32-2)11-9-20/h4-12,15-16H,13-14,17H2,1-3H3/t27-/m1/s1. The Labute approximate surface area is 203 Å². The Morgan fingerprint density at radius 3 is 2.50 bits per heavy atom. The highest BCUT2D eigenvalue weighted by Gasteiger charge is 2.59. The number of hydrogen-bond acceptors (Lipinski definition) is 5. The number of thioether (sulfide) groups is 1. The predicted molar refractivity (Wildman–Crippen MR) is 134 cm³/mol. The van der Waals surface area contributed by atoms with Gasteiger partial charge < -0.3 is 19.3 Å². The SMILES string of the molecule is COc1ccc(C(=O)N2CCS[C@]23C(=O)N(Cc2cccc(OC)c2)c2ccc(C)cc23)cc1. The van der Waals surface area contributed by atoms with Crippen LogP contribution in [0.5, 0.6) is 11.5 Å². The fourth-order valence-corrected chi connectivity index (χ4v) is 6.18. The van der Waals surface area contributed by atoms with Gasteiger partial charge in [-0.15, -0.1) is 11.8 Å². The minimum Gasteiger partial charge on any atom is -0.497 e. The van der Waals surface area contributed by atoms with Gasteiger partial charge in [0.15, 0.2) is 4.87 Å². The van der Waals surface area contributed by atoms with Crippen molar-refractivity contribution in [1.82, 2.24) is 4.90 Å². The zero-order valence-electron chi connectivity index (χ0n) is 19.4. The Kier molecular flexibility index (Phi) is 5.73. The maximum absolute atomic E-state index is 14.2. The fourth-order valence-electron chi connectivity index (χ4n) is 4.73. The first-order valence-corrected chi connectivity index (χ1v) is 12.1. The van der Waals surface area contributed by atoms with Crippen molar-refractivity contribution in [3.63, 3.8) is 0 Å². The molecule has 1 atom stereocenters. The Balaban J connectivity index is 1.56. The molecule has 2 heterocycles. The van der Waals surface area contributed by atoms with Crippen LogP contribution in [0.2, 0.25) is 0 Å². The second-order valence-electron chi connectivity index (χ2n) is 8.44.